The predicted octanol–water partition coefficient (Wildman–Crippen LogP) is 4.85. The molecule has 0 aliphatic heterocycles. The molecule has 3 aromatic rings. The van der Waals surface area contributed by atoms with Crippen LogP contribution >= 0.6 is 15.9 Å². The van der Waals surface area contributed by atoms with E-state index < -0.39 is 0 Å². The van der Waals surface area contributed by atoms with Crippen LogP contribution in [0.15, 0.2) is 70.2 Å². The fraction of sp³-hybridized carbons (Fsp3) is 0.105. The van der Waals surface area contributed by atoms with Crippen LogP contribution in [0.5, 0.6) is 0 Å². The lowest BCUT2D eigenvalue weighted by atomic mass is 10.1. The van der Waals surface area contributed by atoms with Crippen molar-refractivity contribution in [2.75, 3.05) is 5.43 Å². The fourth-order valence-electron chi connectivity index (χ4n) is 2.27. The molecule has 120 valence electrons. The van der Waals surface area contributed by atoms with Crippen LogP contribution < -0.4 is 5.43 Å². The molecule has 0 aliphatic carbocycles. The van der Waals surface area contributed by atoms with Crippen molar-refractivity contribution in [1.82, 2.24) is 9.97 Å². The summed E-state index contributed by atoms with van der Waals surface area (Å²) >= 11 is 3.43. The number of aryl methyl sites for hydroxylation is 1. The number of nitrogens with zero attached hydrogens (tertiary/aromatic N) is 3. The normalized spacial score (nSPS) is 10.9. The highest BCUT2D eigenvalue weighted by molar-refractivity contribution is 9.10. The maximum absolute atomic E-state index is 4.48. The summed E-state index contributed by atoms with van der Waals surface area (Å²) < 4.78 is 1.08. The van der Waals surface area contributed by atoms with E-state index in [4.69, 9.17) is 0 Å². The summed E-state index contributed by atoms with van der Waals surface area (Å²) in [6.07, 6.45) is 2.60. The van der Waals surface area contributed by atoms with Crippen molar-refractivity contribution >= 4 is 28.0 Å². The van der Waals surface area contributed by atoms with E-state index in [1.54, 1.807) is 0 Å². The maximum atomic E-state index is 4.48. The second-order valence-corrected chi connectivity index (χ2v) is 6.22. The van der Waals surface area contributed by atoms with E-state index in [0.29, 0.717) is 11.6 Å². The molecule has 0 saturated heterocycles. The van der Waals surface area contributed by atoms with Gasteiger partial charge in [0.1, 0.15) is 11.6 Å². The quantitative estimate of drug-likeness (QED) is 0.508. The molecule has 0 spiro atoms. The van der Waals surface area contributed by atoms with Crippen molar-refractivity contribution in [3.05, 3.63) is 76.5 Å². The number of anilines is 1. The summed E-state index contributed by atoms with van der Waals surface area (Å²) in [4.78, 5) is 8.85. The molecule has 0 atom stereocenters. The molecule has 0 fully saturated rings. The van der Waals surface area contributed by atoms with E-state index in [1.807, 2.05) is 61.7 Å². The SMILES string of the molecule is Cc1nc(NN=CCc2ccc(Br)cc2)cc(-c2ccccc2)n1. The van der Waals surface area contributed by atoms with Crippen LogP contribution in [0.1, 0.15) is 11.4 Å². The smallest absolute Gasteiger partial charge is 0.150 e. The summed E-state index contributed by atoms with van der Waals surface area (Å²) in [6, 6.07) is 20.1. The first kappa shape index (κ1) is 16.3. The minimum atomic E-state index is 0.688. The second-order valence-electron chi connectivity index (χ2n) is 5.31. The van der Waals surface area contributed by atoms with Gasteiger partial charge >= 0.3 is 0 Å². The molecule has 0 unspecified atom stereocenters. The van der Waals surface area contributed by atoms with Gasteiger partial charge in [0.2, 0.25) is 0 Å². The van der Waals surface area contributed by atoms with Crippen molar-refractivity contribution in [3.8, 4) is 11.3 Å². The van der Waals surface area contributed by atoms with Gasteiger partial charge in [0.15, 0.2) is 0 Å². The molecular weight excluding hydrogens is 364 g/mol. The van der Waals surface area contributed by atoms with E-state index in [2.05, 4.69) is 48.6 Å². The van der Waals surface area contributed by atoms with Gasteiger partial charge in [-0.3, -0.25) is 5.43 Å². The third-order valence-corrected chi connectivity index (χ3v) is 3.95. The highest BCUT2D eigenvalue weighted by Crippen LogP contribution is 2.19. The molecule has 0 saturated carbocycles. The average Bonchev–Trinajstić information content (AvgIpc) is 2.61. The molecule has 1 heterocycles. The topological polar surface area (TPSA) is 50.2 Å². The second kappa shape index (κ2) is 7.84. The lowest BCUT2D eigenvalue weighted by molar-refractivity contribution is 1.05. The molecule has 1 N–H and O–H groups in total. The number of halogens is 1. The maximum Gasteiger partial charge on any atom is 0.150 e. The van der Waals surface area contributed by atoms with Crippen molar-refractivity contribution in [1.29, 1.82) is 0 Å². The third kappa shape index (κ3) is 4.49. The van der Waals surface area contributed by atoms with Gasteiger partial charge < -0.3 is 0 Å². The highest BCUT2D eigenvalue weighted by Gasteiger charge is 2.03. The number of hydrogen-bond donors (Lipinski definition) is 1. The van der Waals surface area contributed by atoms with E-state index >= 15 is 0 Å². The summed E-state index contributed by atoms with van der Waals surface area (Å²) in [7, 11) is 0. The van der Waals surface area contributed by atoms with Gasteiger partial charge in [0.05, 0.1) is 5.69 Å². The van der Waals surface area contributed by atoms with Crippen LogP contribution in [0.25, 0.3) is 11.3 Å². The van der Waals surface area contributed by atoms with Gasteiger partial charge in [-0.05, 0) is 24.6 Å². The summed E-state index contributed by atoms with van der Waals surface area (Å²) in [5.74, 6) is 1.40. The summed E-state index contributed by atoms with van der Waals surface area (Å²) in [6.45, 7) is 1.88. The molecule has 0 bridgehead atoms. The molecule has 5 heteroatoms. The number of aromatic nitrogens is 2. The van der Waals surface area contributed by atoms with Crippen LogP contribution in [-0.2, 0) is 6.42 Å². The summed E-state index contributed by atoms with van der Waals surface area (Å²) in [5, 5.41) is 4.26. The van der Waals surface area contributed by atoms with Crippen LogP contribution in [-0.4, -0.2) is 16.2 Å². The Labute approximate surface area is 149 Å². The van der Waals surface area contributed by atoms with E-state index in [-0.39, 0.29) is 0 Å². The highest BCUT2D eigenvalue weighted by atomic mass is 79.9. The number of hydrazone groups is 1. The van der Waals surface area contributed by atoms with Crippen LogP contribution in [0.4, 0.5) is 5.82 Å². The van der Waals surface area contributed by atoms with Crippen LogP contribution in [0.2, 0.25) is 0 Å². The lowest BCUT2D eigenvalue weighted by Gasteiger charge is -2.05. The zero-order chi connectivity index (χ0) is 16.8. The van der Waals surface area contributed by atoms with Gasteiger partial charge in [0, 0.05) is 28.7 Å². The Bertz CT molecular complexity index is 830. The standard InChI is InChI=1S/C19H17BrN4/c1-14-22-18(16-5-3-2-4-6-16)13-19(23-14)24-21-12-11-15-7-9-17(20)10-8-15/h2-10,12-13H,11H2,1H3,(H,22,23,24). The Morgan fingerprint density at radius 3 is 2.54 bits per heavy atom. The van der Waals surface area contributed by atoms with Gasteiger partial charge in [-0.15, -0.1) is 0 Å². The first-order valence-electron chi connectivity index (χ1n) is 7.64. The molecule has 0 radical (unpaired) electrons. The molecule has 4 nitrogen and oxygen atoms in total. The number of nitrogens with one attached hydrogen (secondary N) is 1. The number of rotatable bonds is 5. The van der Waals surface area contributed by atoms with Crippen molar-refractivity contribution in [2.45, 2.75) is 13.3 Å². The molecule has 24 heavy (non-hydrogen) atoms. The minimum absolute atomic E-state index is 0.688. The number of benzene rings is 2. The minimum Gasteiger partial charge on any atom is -0.262 e. The van der Waals surface area contributed by atoms with E-state index in [1.165, 1.54) is 5.56 Å². The Hall–Kier alpha value is -2.53. The summed E-state index contributed by atoms with van der Waals surface area (Å²) in [5.41, 5.74) is 6.13. The monoisotopic (exact) mass is 380 g/mol. The van der Waals surface area contributed by atoms with Crippen LogP contribution in [0.3, 0.4) is 0 Å². The number of hydrogen-bond acceptors (Lipinski definition) is 4. The Morgan fingerprint density at radius 1 is 1.04 bits per heavy atom. The lowest BCUT2D eigenvalue weighted by Crippen LogP contribution is -1.99. The first-order chi connectivity index (χ1) is 11.7. The van der Waals surface area contributed by atoms with E-state index in [0.717, 1.165) is 22.2 Å². The largest absolute Gasteiger partial charge is 0.262 e. The molecule has 2 aromatic carbocycles. The molecule has 0 aliphatic rings. The Kier molecular flexibility index (Phi) is 5.33. The van der Waals surface area contributed by atoms with Gasteiger partial charge in [0.25, 0.3) is 0 Å². The average molecular weight is 381 g/mol. The fourth-order valence-corrected chi connectivity index (χ4v) is 2.53. The molecule has 0 amide bonds. The Balaban J connectivity index is 1.68. The van der Waals surface area contributed by atoms with Gasteiger partial charge in [-0.2, -0.15) is 5.10 Å². The van der Waals surface area contributed by atoms with Crippen molar-refractivity contribution in [3.63, 3.8) is 0 Å². The van der Waals surface area contributed by atoms with Crippen LogP contribution in [0, 0.1) is 6.92 Å². The first-order valence-corrected chi connectivity index (χ1v) is 8.43. The zero-order valence-corrected chi connectivity index (χ0v) is 14.9. The van der Waals surface area contributed by atoms with Crippen molar-refractivity contribution < 1.29 is 0 Å². The Morgan fingerprint density at radius 2 is 1.79 bits per heavy atom. The molecule has 3 rings (SSSR count). The predicted molar refractivity (Wildman–Crippen MR) is 102 cm³/mol. The molecule has 1 aromatic heterocycles. The van der Waals surface area contributed by atoms with Gasteiger partial charge in [-0.25, -0.2) is 9.97 Å². The molecular formula is C19H17BrN4. The van der Waals surface area contributed by atoms with E-state index in [9.17, 15) is 0 Å². The zero-order valence-electron chi connectivity index (χ0n) is 13.3. The van der Waals surface area contributed by atoms with Crippen molar-refractivity contribution in [2.24, 2.45) is 5.10 Å². The van der Waals surface area contributed by atoms with Gasteiger partial charge in [-0.1, -0.05) is 58.4 Å². The third-order valence-electron chi connectivity index (χ3n) is 3.42.